The molecule has 0 radical (unpaired) electrons. The van der Waals surface area contributed by atoms with Crippen LogP contribution in [0.5, 0.6) is 0 Å². The summed E-state index contributed by atoms with van der Waals surface area (Å²) < 4.78 is 1.75. The number of hydrogen-bond donors (Lipinski definition) is 2. The number of amides is 2. The molecule has 5 aromatic rings. The lowest BCUT2D eigenvalue weighted by Gasteiger charge is -2.14. The van der Waals surface area contributed by atoms with Crippen LogP contribution >= 0.6 is 31.9 Å². The van der Waals surface area contributed by atoms with Gasteiger partial charge in [0.05, 0.1) is 33.4 Å². The van der Waals surface area contributed by atoms with Crippen LogP contribution < -0.4 is 10.6 Å². The SMILES string of the molecule is O=C(Nc1cc2nc3ccccc3nc2cc1NC(=O)c1ccc(Br)cc1)c1ccc(Br)cc1. The highest BCUT2D eigenvalue weighted by Gasteiger charge is 2.15. The summed E-state index contributed by atoms with van der Waals surface area (Å²) in [5.74, 6) is -0.612. The van der Waals surface area contributed by atoms with Crippen molar-refractivity contribution in [3.63, 3.8) is 0 Å². The normalized spacial score (nSPS) is 10.9. The van der Waals surface area contributed by atoms with Gasteiger partial charge in [-0.15, -0.1) is 0 Å². The summed E-state index contributed by atoms with van der Waals surface area (Å²) in [6.07, 6.45) is 0. The molecule has 0 aliphatic rings. The monoisotopic (exact) mass is 574 g/mol. The average Bonchev–Trinajstić information content (AvgIpc) is 2.84. The Balaban J connectivity index is 1.57. The molecule has 1 heterocycles. The van der Waals surface area contributed by atoms with Gasteiger partial charge in [-0.2, -0.15) is 0 Å². The third-order valence-corrected chi connectivity index (χ3v) is 6.24. The molecule has 6 nitrogen and oxygen atoms in total. The van der Waals surface area contributed by atoms with Crippen molar-refractivity contribution in [1.82, 2.24) is 9.97 Å². The van der Waals surface area contributed by atoms with Crippen LogP contribution in [-0.4, -0.2) is 21.8 Å². The van der Waals surface area contributed by atoms with E-state index in [4.69, 9.17) is 0 Å². The number of para-hydroxylation sites is 2. The molecule has 1 aromatic heterocycles. The molecule has 0 fully saturated rings. The highest BCUT2D eigenvalue weighted by Crippen LogP contribution is 2.29. The fraction of sp³-hybridized carbons (Fsp3) is 0. The lowest BCUT2D eigenvalue weighted by Crippen LogP contribution is -2.17. The lowest BCUT2D eigenvalue weighted by atomic mass is 10.1. The maximum Gasteiger partial charge on any atom is 0.255 e. The van der Waals surface area contributed by atoms with Gasteiger partial charge >= 0.3 is 0 Å². The molecule has 0 bridgehead atoms. The van der Waals surface area contributed by atoms with E-state index in [9.17, 15) is 9.59 Å². The van der Waals surface area contributed by atoms with Crippen molar-refractivity contribution in [3.8, 4) is 0 Å². The van der Waals surface area contributed by atoms with E-state index in [-0.39, 0.29) is 11.8 Å². The molecule has 0 atom stereocenters. The Morgan fingerprint density at radius 1 is 0.559 bits per heavy atom. The largest absolute Gasteiger partial charge is 0.320 e. The van der Waals surface area contributed by atoms with Crippen LogP contribution in [0.4, 0.5) is 11.4 Å². The number of nitrogens with one attached hydrogen (secondary N) is 2. The van der Waals surface area contributed by atoms with Crippen molar-refractivity contribution in [2.24, 2.45) is 0 Å². The van der Waals surface area contributed by atoms with Gasteiger partial charge in [-0.3, -0.25) is 9.59 Å². The van der Waals surface area contributed by atoms with E-state index in [1.54, 1.807) is 60.7 Å². The summed E-state index contributed by atoms with van der Waals surface area (Å²) >= 11 is 6.75. The van der Waals surface area contributed by atoms with Crippen LogP contribution in [-0.2, 0) is 0 Å². The minimum absolute atomic E-state index is 0.306. The third kappa shape index (κ3) is 4.69. The van der Waals surface area contributed by atoms with E-state index >= 15 is 0 Å². The number of carbonyl (C=O) groups excluding carboxylic acids is 2. The summed E-state index contributed by atoms with van der Waals surface area (Å²) in [5, 5.41) is 5.82. The van der Waals surface area contributed by atoms with E-state index in [1.165, 1.54) is 0 Å². The maximum absolute atomic E-state index is 12.9. The molecule has 0 spiro atoms. The molecule has 2 amide bonds. The van der Waals surface area contributed by atoms with Crippen LogP contribution in [0.15, 0.2) is 93.9 Å². The molecule has 34 heavy (non-hydrogen) atoms. The number of benzene rings is 4. The van der Waals surface area contributed by atoms with Gasteiger partial charge in [0.25, 0.3) is 11.8 Å². The fourth-order valence-electron chi connectivity index (χ4n) is 3.47. The predicted molar refractivity (Wildman–Crippen MR) is 141 cm³/mol. The van der Waals surface area contributed by atoms with Gasteiger partial charge in [0.2, 0.25) is 0 Å². The lowest BCUT2D eigenvalue weighted by molar-refractivity contribution is 0.101. The van der Waals surface area contributed by atoms with Crippen LogP contribution in [0, 0.1) is 0 Å². The second-order valence-corrected chi connectivity index (χ2v) is 9.35. The third-order valence-electron chi connectivity index (χ3n) is 5.19. The molecule has 0 saturated heterocycles. The van der Waals surface area contributed by atoms with Crippen LogP contribution in [0.3, 0.4) is 0 Å². The standard InChI is InChI=1S/C26H16Br2N4O2/c27-17-9-5-15(6-10-17)25(33)31-23-13-21-22(30-20-4-2-1-3-19(20)29-21)14-24(23)32-26(34)16-7-11-18(28)12-8-16/h1-14H,(H,31,33)(H,32,34). The van der Waals surface area contributed by atoms with Gasteiger partial charge < -0.3 is 10.6 Å². The average molecular weight is 576 g/mol. The summed E-state index contributed by atoms with van der Waals surface area (Å²) in [5.41, 5.74) is 4.51. The molecule has 0 unspecified atom stereocenters. The molecule has 166 valence electrons. The highest BCUT2D eigenvalue weighted by atomic mass is 79.9. The Morgan fingerprint density at radius 2 is 0.941 bits per heavy atom. The zero-order valence-corrected chi connectivity index (χ0v) is 20.7. The number of halogens is 2. The van der Waals surface area contributed by atoms with Crippen molar-refractivity contribution < 1.29 is 9.59 Å². The Kier molecular flexibility index (Phi) is 6.08. The summed E-state index contributed by atoms with van der Waals surface area (Å²) in [4.78, 5) is 35.2. The van der Waals surface area contributed by atoms with Crippen LogP contribution in [0.25, 0.3) is 22.1 Å². The molecule has 0 saturated carbocycles. The van der Waals surface area contributed by atoms with Crippen molar-refractivity contribution in [1.29, 1.82) is 0 Å². The topological polar surface area (TPSA) is 84.0 Å². The summed E-state index contributed by atoms with van der Waals surface area (Å²) in [6, 6.07) is 25.0. The van der Waals surface area contributed by atoms with Gasteiger partial charge in [0, 0.05) is 20.1 Å². The van der Waals surface area contributed by atoms with Crippen molar-refractivity contribution in [2.45, 2.75) is 0 Å². The summed E-state index contributed by atoms with van der Waals surface area (Å²) in [7, 11) is 0. The maximum atomic E-state index is 12.9. The van der Waals surface area contributed by atoms with Gasteiger partial charge in [-0.05, 0) is 72.8 Å². The number of aromatic nitrogens is 2. The Bertz CT molecular complexity index is 1430. The second-order valence-electron chi connectivity index (χ2n) is 7.52. The molecular weight excluding hydrogens is 560 g/mol. The van der Waals surface area contributed by atoms with E-state index in [0.29, 0.717) is 33.5 Å². The highest BCUT2D eigenvalue weighted by molar-refractivity contribution is 9.10. The molecule has 4 aromatic carbocycles. The second kappa shape index (κ2) is 9.32. The van der Waals surface area contributed by atoms with Crippen LogP contribution in [0.2, 0.25) is 0 Å². The van der Waals surface area contributed by atoms with E-state index in [2.05, 4.69) is 52.5 Å². The number of fused-ring (bicyclic) bond motifs is 2. The van der Waals surface area contributed by atoms with E-state index in [1.807, 2.05) is 24.3 Å². The number of nitrogens with zero attached hydrogens (tertiary/aromatic N) is 2. The van der Waals surface area contributed by atoms with Crippen molar-refractivity contribution >= 4 is 77.1 Å². The smallest absolute Gasteiger partial charge is 0.255 e. The van der Waals surface area contributed by atoms with Gasteiger partial charge in [-0.25, -0.2) is 9.97 Å². The van der Waals surface area contributed by atoms with Gasteiger partial charge in [0.1, 0.15) is 0 Å². The summed E-state index contributed by atoms with van der Waals surface area (Å²) in [6.45, 7) is 0. The van der Waals surface area contributed by atoms with Crippen molar-refractivity contribution in [2.75, 3.05) is 10.6 Å². The number of carbonyl (C=O) groups is 2. The molecule has 0 aliphatic heterocycles. The zero-order chi connectivity index (χ0) is 23.7. The number of hydrogen-bond acceptors (Lipinski definition) is 4. The van der Waals surface area contributed by atoms with E-state index in [0.717, 1.165) is 20.0 Å². The fourth-order valence-corrected chi connectivity index (χ4v) is 4.00. The molecule has 8 heteroatoms. The van der Waals surface area contributed by atoms with E-state index < -0.39 is 0 Å². The first-order chi connectivity index (χ1) is 16.5. The van der Waals surface area contributed by atoms with Gasteiger partial charge in [0.15, 0.2) is 0 Å². The first-order valence-corrected chi connectivity index (χ1v) is 11.9. The Morgan fingerprint density at radius 3 is 1.32 bits per heavy atom. The minimum atomic E-state index is -0.306. The Hall–Kier alpha value is -3.62. The first-order valence-electron chi connectivity index (χ1n) is 10.3. The van der Waals surface area contributed by atoms with Crippen LogP contribution in [0.1, 0.15) is 20.7 Å². The Labute approximate surface area is 211 Å². The van der Waals surface area contributed by atoms with Gasteiger partial charge in [-0.1, -0.05) is 44.0 Å². The zero-order valence-electron chi connectivity index (χ0n) is 17.5. The molecule has 5 rings (SSSR count). The minimum Gasteiger partial charge on any atom is -0.320 e. The quantitative estimate of drug-likeness (QED) is 0.230. The molecule has 0 aliphatic carbocycles. The molecule has 2 N–H and O–H groups in total. The predicted octanol–water partition coefficient (Wildman–Crippen LogP) is 6.81. The first kappa shape index (κ1) is 22.2. The van der Waals surface area contributed by atoms with Crippen molar-refractivity contribution in [3.05, 3.63) is 105 Å². The number of rotatable bonds is 4. The molecular formula is C26H16Br2N4O2. The number of anilines is 2.